The van der Waals surface area contributed by atoms with Gasteiger partial charge in [0.15, 0.2) is 5.60 Å². The van der Waals surface area contributed by atoms with Crippen LogP contribution < -0.4 is 15.4 Å². The Morgan fingerprint density at radius 1 is 0.864 bits per heavy atom. The Bertz CT molecular complexity index is 1690. The lowest BCUT2D eigenvalue weighted by atomic mass is 9.76. The molecule has 4 aromatic rings. The number of ether oxygens (including phenoxy) is 2. The van der Waals surface area contributed by atoms with Gasteiger partial charge in [-0.1, -0.05) is 81.0 Å². The Kier molecular flexibility index (Phi) is 7.57. The number of nitrogens with one attached hydrogen (secondary N) is 2. The van der Waals surface area contributed by atoms with Gasteiger partial charge in [0.25, 0.3) is 0 Å². The Balaban J connectivity index is 1.39. The number of carbonyl (C=O) groups is 1. The number of rotatable bonds is 8. The van der Waals surface area contributed by atoms with E-state index in [-0.39, 0.29) is 5.97 Å². The molecule has 226 valence electrons. The minimum atomic E-state index is -1.14. The number of hydrogen-bond acceptors (Lipinski definition) is 5. The predicted molar refractivity (Wildman–Crippen MR) is 177 cm³/mol. The van der Waals surface area contributed by atoms with E-state index in [4.69, 9.17) is 9.47 Å². The average Bonchev–Trinajstić information content (AvgIpc) is 3.33. The molecule has 0 amide bonds. The van der Waals surface area contributed by atoms with Gasteiger partial charge in [-0.25, -0.2) is 4.79 Å². The van der Waals surface area contributed by atoms with E-state index < -0.39 is 5.60 Å². The van der Waals surface area contributed by atoms with Crippen molar-refractivity contribution in [1.29, 1.82) is 0 Å². The molecule has 44 heavy (non-hydrogen) atoms. The van der Waals surface area contributed by atoms with Gasteiger partial charge in [-0.15, -0.1) is 0 Å². The zero-order valence-electron chi connectivity index (χ0n) is 26.0. The molecule has 3 aliphatic rings. The number of benzene rings is 4. The van der Waals surface area contributed by atoms with Crippen molar-refractivity contribution < 1.29 is 14.3 Å². The molecule has 1 fully saturated rings. The number of aryl methyl sites for hydroxylation is 2. The van der Waals surface area contributed by atoms with Crippen molar-refractivity contribution in [2.75, 3.05) is 10.6 Å². The number of carbonyl (C=O) groups excluding carboxylic acids is 1. The molecule has 2 unspecified atom stereocenters. The standard InChI is InChI=1S/C39H42N2O3/c1-4-5-16-32(27-12-7-6-8-13-27)41-33-17-11-18-35-37(33)39(30-15-10-9-14-29(30)38(42)44-39)31-24-34(26(3)23-36(31)43-35)40-28-21-19-25(2)20-22-28/h9-11,14-15,17-24,27,32,40-41H,4-8,12-13,16H2,1-3H3. The number of anilines is 3. The molecule has 1 aliphatic carbocycles. The SMILES string of the molecule is CCCCC(Nc1cccc2c1C1(OC(=O)c3ccccc31)c1cc(Nc3ccc(C)cc3)c(C)cc1O2)C1CCCCC1. The van der Waals surface area contributed by atoms with Crippen LogP contribution in [0.15, 0.2) is 78.9 Å². The normalized spacial score (nSPS) is 19.4. The quantitative estimate of drug-likeness (QED) is 0.201. The first-order valence-electron chi connectivity index (χ1n) is 16.4. The molecule has 2 aliphatic heterocycles. The van der Waals surface area contributed by atoms with Crippen LogP contribution in [0.25, 0.3) is 0 Å². The second kappa shape index (κ2) is 11.7. The topological polar surface area (TPSA) is 59.6 Å². The maximum absolute atomic E-state index is 13.7. The van der Waals surface area contributed by atoms with E-state index in [0.29, 0.717) is 23.3 Å². The molecule has 2 heterocycles. The van der Waals surface area contributed by atoms with Gasteiger partial charge in [0, 0.05) is 34.2 Å². The molecule has 2 N–H and O–H groups in total. The van der Waals surface area contributed by atoms with Crippen LogP contribution in [0, 0.1) is 19.8 Å². The Hall–Kier alpha value is -4.25. The predicted octanol–water partition coefficient (Wildman–Crippen LogP) is 10.2. The fraction of sp³-hybridized carbons (Fsp3) is 0.359. The summed E-state index contributed by atoms with van der Waals surface area (Å²) in [5.41, 5.74) is 7.23. The molecule has 0 bridgehead atoms. The average molecular weight is 587 g/mol. The van der Waals surface area contributed by atoms with Crippen LogP contribution in [-0.2, 0) is 10.3 Å². The summed E-state index contributed by atoms with van der Waals surface area (Å²) in [5, 5.41) is 7.64. The van der Waals surface area contributed by atoms with Crippen LogP contribution in [0.5, 0.6) is 11.5 Å². The second-order valence-corrected chi connectivity index (χ2v) is 12.8. The third-order valence-corrected chi connectivity index (χ3v) is 9.84. The Morgan fingerprint density at radius 2 is 1.66 bits per heavy atom. The summed E-state index contributed by atoms with van der Waals surface area (Å²) in [7, 11) is 0. The summed E-state index contributed by atoms with van der Waals surface area (Å²) in [4.78, 5) is 13.7. The first-order valence-corrected chi connectivity index (χ1v) is 16.4. The minimum absolute atomic E-state index is 0.308. The summed E-state index contributed by atoms with van der Waals surface area (Å²) in [6.45, 7) is 6.43. The van der Waals surface area contributed by atoms with Gasteiger partial charge in [0.2, 0.25) is 0 Å². The third-order valence-electron chi connectivity index (χ3n) is 9.84. The van der Waals surface area contributed by atoms with E-state index in [1.807, 2.05) is 30.3 Å². The second-order valence-electron chi connectivity index (χ2n) is 12.8. The van der Waals surface area contributed by atoms with Gasteiger partial charge >= 0.3 is 5.97 Å². The van der Waals surface area contributed by atoms with Gasteiger partial charge in [0.05, 0.1) is 11.1 Å². The lowest BCUT2D eigenvalue weighted by molar-refractivity contribution is 0.0226. The molecule has 0 radical (unpaired) electrons. The van der Waals surface area contributed by atoms with Crippen LogP contribution in [0.4, 0.5) is 17.1 Å². The largest absolute Gasteiger partial charge is 0.456 e. The monoisotopic (exact) mass is 586 g/mol. The highest BCUT2D eigenvalue weighted by molar-refractivity contribution is 5.97. The summed E-state index contributed by atoms with van der Waals surface area (Å²) in [6.07, 6.45) is 9.90. The fourth-order valence-electron chi connectivity index (χ4n) is 7.51. The van der Waals surface area contributed by atoms with Gasteiger partial charge < -0.3 is 20.1 Å². The van der Waals surface area contributed by atoms with Gasteiger partial charge in [-0.2, -0.15) is 0 Å². The Morgan fingerprint density at radius 3 is 2.45 bits per heavy atom. The zero-order valence-corrected chi connectivity index (χ0v) is 26.0. The molecule has 2 atom stereocenters. The molecular weight excluding hydrogens is 544 g/mol. The molecule has 5 nitrogen and oxygen atoms in total. The van der Waals surface area contributed by atoms with Crippen LogP contribution in [0.3, 0.4) is 0 Å². The van der Waals surface area contributed by atoms with Crippen molar-refractivity contribution in [2.24, 2.45) is 5.92 Å². The van der Waals surface area contributed by atoms with E-state index in [9.17, 15) is 4.79 Å². The summed E-state index contributed by atoms with van der Waals surface area (Å²) >= 11 is 0. The molecular formula is C39H42N2O3. The van der Waals surface area contributed by atoms with Crippen molar-refractivity contribution in [1.82, 2.24) is 0 Å². The lowest BCUT2D eigenvalue weighted by Crippen LogP contribution is -2.36. The molecule has 0 aromatic heterocycles. The van der Waals surface area contributed by atoms with E-state index in [2.05, 4.69) is 79.9 Å². The highest BCUT2D eigenvalue weighted by Gasteiger charge is 2.55. The number of unbranched alkanes of at least 4 members (excludes halogenated alkanes) is 1. The lowest BCUT2D eigenvalue weighted by Gasteiger charge is -2.40. The van der Waals surface area contributed by atoms with Crippen molar-refractivity contribution in [3.05, 3.63) is 112 Å². The summed E-state index contributed by atoms with van der Waals surface area (Å²) in [6, 6.07) is 27.0. The highest BCUT2D eigenvalue weighted by Crippen LogP contribution is 2.59. The smallest absolute Gasteiger partial charge is 0.340 e. The van der Waals surface area contributed by atoms with E-state index in [1.165, 1.54) is 50.5 Å². The maximum atomic E-state index is 13.7. The first-order chi connectivity index (χ1) is 21.5. The van der Waals surface area contributed by atoms with Crippen LogP contribution in [0.2, 0.25) is 0 Å². The number of esters is 1. The van der Waals surface area contributed by atoms with Crippen LogP contribution in [-0.4, -0.2) is 12.0 Å². The van der Waals surface area contributed by atoms with Crippen molar-refractivity contribution in [3.8, 4) is 11.5 Å². The first kappa shape index (κ1) is 28.5. The molecule has 0 saturated heterocycles. The van der Waals surface area contributed by atoms with Gasteiger partial charge in [-0.05, 0) is 87.1 Å². The van der Waals surface area contributed by atoms with Crippen LogP contribution in [0.1, 0.15) is 96.5 Å². The summed E-state index contributed by atoms with van der Waals surface area (Å²) in [5.74, 6) is 1.76. The number of hydrogen-bond donors (Lipinski definition) is 2. The summed E-state index contributed by atoms with van der Waals surface area (Å²) < 4.78 is 13.3. The maximum Gasteiger partial charge on any atom is 0.340 e. The van der Waals surface area contributed by atoms with E-state index in [1.54, 1.807) is 0 Å². The molecule has 5 heteroatoms. The van der Waals surface area contributed by atoms with E-state index in [0.717, 1.165) is 51.5 Å². The number of fused-ring (bicyclic) bond motifs is 6. The van der Waals surface area contributed by atoms with Crippen LogP contribution >= 0.6 is 0 Å². The molecule has 1 saturated carbocycles. The van der Waals surface area contributed by atoms with E-state index >= 15 is 0 Å². The van der Waals surface area contributed by atoms with Crippen molar-refractivity contribution in [2.45, 2.75) is 83.8 Å². The van der Waals surface area contributed by atoms with Crippen molar-refractivity contribution in [3.63, 3.8) is 0 Å². The van der Waals surface area contributed by atoms with Crippen molar-refractivity contribution >= 4 is 23.0 Å². The molecule has 7 rings (SSSR count). The van der Waals surface area contributed by atoms with Gasteiger partial charge in [0.1, 0.15) is 11.5 Å². The minimum Gasteiger partial charge on any atom is -0.456 e. The third kappa shape index (κ3) is 4.92. The zero-order chi connectivity index (χ0) is 30.3. The van der Waals surface area contributed by atoms with Gasteiger partial charge in [-0.3, -0.25) is 0 Å². The Labute approximate surface area is 261 Å². The molecule has 1 spiro atoms. The molecule has 4 aromatic carbocycles. The highest BCUT2D eigenvalue weighted by atomic mass is 16.6. The fourth-order valence-corrected chi connectivity index (χ4v) is 7.51.